The minimum Gasteiger partial charge on any atom is -0.390 e. The minimum atomic E-state index is -0.748. The van der Waals surface area contributed by atoms with E-state index in [4.69, 9.17) is 0 Å². The summed E-state index contributed by atoms with van der Waals surface area (Å²) < 4.78 is 1.73. The summed E-state index contributed by atoms with van der Waals surface area (Å²) in [6, 6.07) is 5.43. The lowest BCUT2D eigenvalue weighted by atomic mass is 9.58. The van der Waals surface area contributed by atoms with Crippen LogP contribution in [0.4, 0.5) is 0 Å². The highest BCUT2D eigenvalue weighted by atomic mass is 16.3. The molecule has 2 bridgehead atoms. The Hall–Kier alpha value is -2.41. The molecule has 0 spiro atoms. The molecule has 0 aromatic carbocycles. The Kier molecular flexibility index (Phi) is 7.55. The van der Waals surface area contributed by atoms with E-state index in [0.717, 1.165) is 18.4 Å². The second kappa shape index (κ2) is 10.3. The number of hydrogen-bond acceptors (Lipinski definition) is 4. The highest BCUT2D eigenvalue weighted by molar-refractivity contribution is 5.95. The van der Waals surface area contributed by atoms with E-state index in [1.807, 2.05) is 12.1 Å². The predicted octanol–water partition coefficient (Wildman–Crippen LogP) is 4.68. The molecule has 2 amide bonds. The first-order valence-corrected chi connectivity index (χ1v) is 13.3. The van der Waals surface area contributed by atoms with E-state index < -0.39 is 5.60 Å². The SMILES string of the molecule is CCC1CC2CCCC(CNC(=O)c3cccc4nc(C(=O)N(C)CCCC(C)(C)O)cn34)(C1)C2. The molecule has 0 saturated heterocycles. The normalized spacial score (nSPS) is 24.4. The van der Waals surface area contributed by atoms with Crippen molar-refractivity contribution in [3.05, 3.63) is 35.8 Å². The maximum absolute atomic E-state index is 13.3. The molecule has 7 nitrogen and oxygen atoms in total. The van der Waals surface area contributed by atoms with E-state index in [1.54, 1.807) is 42.5 Å². The second-order valence-electron chi connectivity index (χ2n) is 11.8. The number of nitrogens with zero attached hydrogens (tertiary/aromatic N) is 3. The number of imidazole rings is 1. The Bertz CT molecular complexity index is 1060. The molecule has 2 aromatic rings. The second-order valence-corrected chi connectivity index (χ2v) is 11.8. The molecular weight excluding hydrogens is 440 g/mol. The molecule has 3 unspecified atom stereocenters. The lowest BCUT2D eigenvalue weighted by Crippen LogP contribution is -2.45. The number of rotatable bonds is 9. The summed E-state index contributed by atoms with van der Waals surface area (Å²) in [6.07, 6.45) is 11.8. The summed E-state index contributed by atoms with van der Waals surface area (Å²) in [5.74, 6) is 1.29. The number of fused-ring (bicyclic) bond motifs is 3. The van der Waals surface area contributed by atoms with Gasteiger partial charge in [-0.1, -0.05) is 32.3 Å². The molecular formula is C28H42N4O3. The number of pyridine rings is 1. The van der Waals surface area contributed by atoms with Crippen molar-refractivity contribution in [2.75, 3.05) is 20.1 Å². The third kappa shape index (κ3) is 6.05. The van der Waals surface area contributed by atoms with Crippen LogP contribution in [0.5, 0.6) is 0 Å². The van der Waals surface area contributed by atoms with Crippen LogP contribution >= 0.6 is 0 Å². The zero-order valence-electron chi connectivity index (χ0n) is 21.8. The van der Waals surface area contributed by atoms with Crippen molar-refractivity contribution >= 4 is 17.5 Å². The van der Waals surface area contributed by atoms with Gasteiger partial charge in [0.25, 0.3) is 11.8 Å². The molecule has 2 saturated carbocycles. The van der Waals surface area contributed by atoms with Crippen molar-refractivity contribution in [1.82, 2.24) is 19.6 Å². The van der Waals surface area contributed by atoms with E-state index in [9.17, 15) is 14.7 Å². The van der Waals surface area contributed by atoms with E-state index >= 15 is 0 Å². The fourth-order valence-corrected chi connectivity index (χ4v) is 6.38. The van der Waals surface area contributed by atoms with Gasteiger partial charge in [0, 0.05) is 26.3 Å². The number of amides is 2. The van der Waals surface area contributed by atoms with Crippen molar-refractivity contribution in [1.29, 1.82) is 0 Å². The summed E-state index contributed by atoms with van der Waals surface area (Å²) in [6.45, 7) is 7.09. The smallest absolute Gasteiger partial charge is 0.273 e. The lowest BCUT2D eigenvalue weighted by molar-refractivity contribution is 0.0368. The summed E-state index contributed by atoms with van der Waals surface area (Å²) >= 11 is 0. The number of aliphatic hydroxyl groups is 1. The highest BCUT2D eigenvalue weighted by Crippen LogP contribution is 2.51. The van der Waals surface area contributed by atoms with Gasteiger partial charge in [0.05, 0.1) is 5.60 Å². The molecule has 7 heteroatoms. The Morgan fingerprint density at radius 3 is 2.86 bits per heavy atom. The van der Waals surface area contributed by atoms with Gasteiger partial charge in [-0.05, 0) is 81.8 Å². The van der Waals surface area contributed by atoms with Crippen LogP contribution in [0.15, 0.2) is 24.4 Å². The summed E-state index contributed by atoms with van der Waals surface area (Å²) in [7, 11) is 1.74. The van der Waals surface area contributed by atoms with Crippen LogP contribution in [-0.4, -0.2) is 56.9 Å². The third-order valence-corrected chi connectivity index (χ3v) is 8.20. The molecule has 0 aliphatic heterocycles. The van der Waals surface area contributed by atoms with Crippen LogP contribution in [-0.2, 0) is 0 Å². The van der Waals surface area contributed by atoms with Gasteiger partial charge < -0.3 is 15.3 Å². The standard InChI is InChI=1S/C28H42N4O3/c1-5-20-15-21-9-7-13-28(16-20,17-21)19-29-25(33)23-10-6-11-24-30-22(18-32(23)24)26(34)31(4)14-8-12-27(2,3)35/h6,10-11,18,20-21,35H,5,7-9,12-17,19H2,1-4H3,(H,29,33). The van der Waals surface area contributed by atoms with Crippen LogP contribution in [0.1, 0.15) is 99.5 Å². The molecule has 2 aromatic heterocycles. The van der Waals surface area contributed by atoms with Gasteiger partial charge >= 0.3 is 0 Å². The predicted molar refractivity (Wildman–Crippen MR) is 137 cm³/mol. The van der Waals surface area contributed by atoms with Crippen LogP contribution in [0.25, 0.3) is 5.65 Å². The molecule has 2 heterocycles. The number of aromatic nitrogens is 2. The van der Waals surface area contributed by atoms with Crippen LogP contribution in [0, 0.1) is 17.3 Å². The van der Waals surface area contributed by atoms with E-state index in [-0.39, 0.29) is 17.2 Å². The van der Waals surface area contributed by atoms with Gasteiger partial charge in [0.1, 0.15) is 17.0 Å². The number of hydrogen-bond donors (Lipinski definition) is 2. The largest absolute Gasteiger partial charge is 0.390 e. The van der Waals surface area contributed by atoms with Gasteiger partial charge in [0.15, 0.2) is 0 Å². The molecule has 0 radical (unpaired) electrons. The van der Waals surface area contributed by atoms with E-state index in [2.05, 4.69) is 17.2 Å². The maximum Gasteiger partial charge on any atom is 0.273 e. The number of nitrogens with one attached hydrogen (secondary N) is 1. The average molecular weight is 483 g/mol. The molecule has 3 atom stereocenters. The van der Waals surface area contributed by atoms with Crippen molar-refractivity contribution in [2.24, 2.45) is 17.3 Å². The molecule has 2 aliphatic carbocycles. The fraction of sp³-hybridized carbons (Fsp3) is 0.679. The Balaban J connectivity index is 1.44. The first kappa shape index (κ1) is 25.7. The van der Waals surface area contributed by atoms with Crippen LogP contribution < -0.4 is 5.32 Å². The average Bonchev–Trinajstić information content (AvgIpc) is 3.25. The number of carbonyl (C=O) groups excluding carboxylic acids is 2. The third-order valence-electron chi connectivity index (χ3n) is 8.20. The first-order chi connectivity index (χ1) is 16.6. The highest BCUT2D eigenvalue weighted by Gasteiger charge is 2.42. The van der Waals surface area contributed by atoms with Crippen molar-refractivity contribution in [3.63, 3.8) is 0 Å². The summed E-state index contributed by atoms with van der Waals surface area (Å²) in [5.41, 5.74) is 0.897. The molecule has 192 valence electrons. The van der Waals surface area contributed by atoms with Gasteiger partial charge in [0.2, 0.25) is 0 Å². The molecule has 35 heavy (non-hydrogen) atoms. The molecule has 2 N–H and O–H groups in total. The monoisotopic (exact) mass is 482 g/mol. The maximum atomic E-state index is 13.3. The minimum absolute atomic E-state index is 0.111. The summed E-state index contributed by atoms with van der Waals surface area (Å²) in [5, 5.41) is 13.2. The topological polar surface area (TPSA) is 86.9 Å². The molecule has 2 fully saturated rings. The van der Waals surface area contributed by atoms with Gasteiger partial charge in [-0.3, -0.25) is 14.0 Å². The van der Waals surface area contributed by atoms with Gasteiger partial charge in [-0.2, -0.15) is 0 Å². The lowest BCUT2D eigenvalue weighted by Gasteiger charge is -2.48. The van der Waals surface area contributed by atoms with E-state index in [0.29, 0.717) is 36.4 Å². The zero-order chi connectivity index (χ0) is 25.2. The quantitative estimate of drug-likeness (QED) is 0.543. The van der Waals surface area contributed by atoms with Crippen LogP contribution in [0.2, 0.25) is 0 Å². The summed E-state index contributed by atoms with van der Waals surface area (Å²) in [4.78, 5) is 32.3. The Morgan fingerprint density at radius 2 is 2.11 bits per heavy atom. The molecule has 2 aliphatic rings. The molecule has 4 rings (SSSR count). The van der Waals surface area contributed by atoms with Crippen molar-refractivity contribution in [3.8, 4) is 0 Å². The fourth-order valence-electron chi connectivity index (χ4n) is 6.38. The zero-order valence-corrected chi connectivity index (χ0v) is 21.8. The Morgan fingerprint density at radius 1 is 1.31 bits per heavy atom. The van der Waals surface area contributed by atoms with Gasteiger partial charge in [-0.25, -0.2) is 4.98 Å². The van der Waals surface area contributed by atoms with Crippen molar-refractivity contribution in [2.45, 2.75) is 84.2 Å². The van der Waals surface area contributed by atoms with Gasteiger partial charge in [-0.15, -0.1) is 0 Å². The Labute approximate surface area is 209 Å². The van der Waals surface area contributed by atoms with Crippen LogP contribution in [0.3, 0.4) is 0 Å². The van der Waals surface area contributed by atoms with Crippen molar-refractivity contribution < 1.29 is 14.7 Å². The number of carbonyl (C=O) groups is 2. The first-order valence-electron chi connectivity index (χ1n) is 13.3. The van der Waals surface area contributed by atoms with E-state index in [1.165, 1.54) is 44.9 Å².